The molecule has 0 aliphatic rings. The molecule has 32 heavy (non-hydrogen) atoms. The normalized spacial score (nSPS) is 11.4. The van der Waals surface area contributed by atoms with Crippen molar-refractivity contribution < 1.29 is 22.3 Å². The molecular weight excluding hydrogens is 455 g/mol. The third-order valence-corrected chi connectivity index (χ3v) is 6.75. The molecule has 0 aliphatic carbocycles. The topological polar surface area (TPSA) is 75.7 Å². The van der Waals surface area contributed by atoms with Crippen LogP contribution in [0.3, 0.4) is 0 Å². The van der Waals surface area contributed by atoms with Gasteiger partial charge in [0.05, 0.1) is 18.6 Å². The summed E-state index contributed by atoms with van der Waals surface area (Å²) < 4.78 is 45.8. The van der Waals surface area contributed by atoms with Gasteiger partial charge in [0.15, 0.2) is 0 Å². The summed E-state index contributed by atoms with van der Waals surface area (Å²) in [4.78, 5) is 12.6. The van der Waals surface area contributed by atoms with Gasteiger partial charge in [-0.25, -0.2) is 12.8 Å². The number of hydrogen-bond acceptors (Lipinski definition) is 4. The van der Waals surface area contributed by atoms with E-state index in [9.17, 15) is 17.6 Å². The minimum absolute atomic E-state index is 0.00645. The van der Waals surface area contributed by atoms with E-state index in [-0.39, 0.29) is 18.0 Å². The summed E-state index contributed by atoms with van der Waals surface area (Å²) in [6.07, 6.45) is 0. The third-order valence-electron chi connectivity index (χ3n) is 4.69. The van der Waals surface area contributed by atoms with E-state index in [2.05, 4.69) is 5.32 Å². The summed E-state index contributed by atoms with van der Waals surface area (Å²) in [7, 11) is -2.45. The monoisotopic (exact) mass is 476 g/mol. The number of carbonyl (C=O) groups excluding carboxylic acids is 1. The highest BCUT2D eigenvalue weighted by Crippen LogP contribution is 2.21. The molecule has 0 saturated carbocycles. The van der Waals surface area contributed by atoms with Gasteiger partial charge in [-0.05, 0) is 59.7 Å². The second-order valence-electron chi connectivity index (χ2n) is 6.98. The van der Waals surface area contributed by atoms with Crippen molar-refractivity contribution in [2.75, 3.05) is 13.7 Å². The van der Waals surface area contributed by atoms with Crippen molar-refractivity contribution in [3.63, 3.8) is 0 Å². The van der Waals surface area contributed by atoms with E-state index in [1.54, 1.807) is 31.4 Å². The van der Waals surface area contributed by atoms with E-state index >= 15 is 0 Å². The van der Waals surface area contributed by atoms with Gasteiger partial charge in [-0.2, -0.15) is 4.31 Å². The van der Waals surface area contributed by atoms with Gasteiger partial charge in [-0.3, -0.25) is 4.79 Å². The Kier molecular flexibility index (Phi) is 7.84. The fraction of sp³-hybridized carbons (Fsp3) is 0.174. The van der Waals surface area contributed by atoms with Crippen molar-refractivity contribution in [2.45, 2.75) is 18.0 Å². The number of ether oxygens (including phenoxy) is 1. The lowest BCUT2D eigenvalue weighted by atomic mass is 10.2. The highest BCUT2D eigenvalue weighted by Gasteiger charge is 2.27. The first-order chi connectivity index (χ1) is 15.3. The number of halogens is 2. The number of nitrogens with zero attached hydrogens (tertiary/aromatic N) is 1. The fourth-order valence-electron chi connectivity index (χ4n) is 2.94. The van der Waals surface area contributed by atoms with Crippen LogP contribution in [0.5, 0.6) is 5.75 Å². The molecule has 0 unspecified atom stereocenters. The first-order valence-corrected chi connectivity index (χ1v) is 11.5. The fourth-order valence-corrected chi connectivity index (χ4v) is 4.45. The predicted molar refractivity (Wildman–Crippen MR) is 120 cm³/mol. The number of rotatable bonds is 9. The van der Waals surface area contributed by atoms with Crippen LogP contribution in [-0.4, -0.2) is 32.3 Å². The molecule has 3 aromatic carbocycles. The molecule has 1 N–H and O–H groups in total. The molecule has 0 spiro atoms. The Morgan fingerprint density at radius 1 is 0.969 bits per heavy atom. The maximum absolute atomic E-state index is 13.3. The molecule has 168 valence electrons. The number of methoxy groups -OCH3 is 1. The quantitative estimate of drug-likeness (QED) is 0.506. The number of benzene rings is 3. The van der Waals surface area contributed by atoms with Gasteiger partial charge in [0.25, 0.3) is 0 Å². The second kappa shape index (κ2) is 10.6. The molecule has 3 rings (SSSR count). The molecule has 0 aromatic heterocycles. The Labute approximate surface area is 191 Å². The Bertz CT molecular complexity index is 1150. The van der Waals surface area contributed by atoms with Crippen molar-refractivity contribution in [3.05, 3.63) is 94.8 Å². The van der Waals surface area contributed by atoms with Crippen LogP contribution in [0.25, 0.3) is 0 Å². The third kappa shape index (κ3) is 6.29. The van der Waals surface area contributed by atoms with Gasteiger partial charge in [-0.15, -0.1) is 0 Å². The Balaban J connectivity index is 1.77. The molecule has 0 atom stereocenters. The minimum Gasteiger partial charge on any atom is -0.497 e. The standard InChI is InChI=1S/C23H22ClFN2O4S/c1-31-21-10-4-17(5-11-21)14-26-23(28)16-27(15-18-2-8-20(25)9-3-18)32(29,30)22-12-6-19(24)7-13-22/h2-13H,14-16H2,1H3,(H,26,28). The number of amides is 1. The summed E-state index contributed by atoms with van der Waals surface area (Å²) >= 11 is 5.87. The summed E-state index contributed by atoms with van der Waals surface area (Å²) in [5.74, 6) is -0.210. The molecule has 0 saturated heterocycles. The molecule has 0 radical (unpaired) electrons. The van der Waals surface area contributed by atoms with Crippen molar-refractivity contribution in [3.8, 4) is 5.75 Å². The lowest BCUT2D eigenvalue weighted by molar-refractivity contribution is -0.121. The van der Waals surface area contributed by atoms with Gasteiger partial charge in [0, 0.05) is 18.1 Å². The minimum atomic E-state index is -4.01. The lowest BCUT2D eigenvalue weighted by Crippen LogP contribution is -2.40. The maximum Gasteiger partial charge on any atom is 0.243 e. The molecule has 0 aliphatic heterocycles. The van der Waals surface area contributed by atoms with Crippen LogP contribution in [0.2, 0.25) is 5.02 Å². The van der Waals surface area contributed by atoms with Gasteiger partial charge >= 0.3 is 0 Å². The van der Waals surface area contributed by atoms with E-state index in [0.29, 0.717) is 16.3 Å². The van der Waals surface area contributed by atoms with Crippen LogP contribution in [0.1, 0.15) is 11.1 Å². The zero-order valence-corrected chi connectivity index (χ0v) is 18.9. The first kappa shape index (κ1) is 23.7. The van der Waals surface area contributed by atoms with E-state index in [1.165, 1.54) is 48.5 Å². The number of hydrogen-bond donors (Lipinski definition) is 1. The number of sulfonamides is 1. The van der Waals surface area contributed by atoms with Crippen LogP contribution < -0.4 is 10.1 Å². The highest BCUT2D eigenvalue weighted by molar-refractivity contribution is 7.89. The Morgan fingerprint density at radius 2 is 1.56 bits per heavy atom. The zero-order valence-electron chi connectivity index (χ0n) is 17.3. The van der Waals surface area contributed by atoms with E-state index in [1.807, 2.05) is 0 Å². The van der Waals surface area contributed by atoms with Gasteiger partial charge < -0.3 is 10.1 Å². The SMILES string of the molecule is COc1ccc(CNC(=O)CN(Cc2ccc(F)cc2)S(=O)(=O)c2ccc(Cl)cc2)cc1. The second-order valence-corrected chi connectivity index (χ2v) is 9.35. The van der Waals surface area contributed by atoms with Crippen molar-refractivity contribution in [1.29, 1.82) is 0 Å². The van der Waals surface area contributed by atoms with Gasteiger partial charge in [0.2, 0.25) is 15.9 Å². The van der Waals surface area contributed by atoms with Crippen LogP contribution in [0.15, 0.2) is 77.7 Å². The number of carbonyl (C=O) groups is 1. The number of nitrogens with one attached hydrogen (secondary N) is 1. The lowest BCUT2D eigenvalue weighted by Gasteiger charge is -2.22. The summed E-state index contributed by atoms with van der Waals surface area (Å²) in [5, 5.41) is 3.12. The zero-order chi connectivity index (χ0) is 23.1. The van der Waals surface area contributed by atoms with Gasteiger partial charge in [-0.1, -0.05) is 35.9 Å². The van der Waals surface area contributed by atoms with E-state index in [0.717, 1.165) is 9.87 Å². The summed E-state index contributed by atoms with van der Waals surface area (Å²) in [6, 6.07) is 18.3. The maximum atomic E-state index is 13.3. The van der Waals surface area contributed by atoms with Crippen molar-refractivity contribution in [1.82, 2.24) is 9.62 Å². The summed E-state index contributed by atoms with van der Waals surface area (Å²) in [5.41, 5.74) is 1.39. The van der Waals surface area contributed by atoms with Gasteiger partial charge in [0.1, 0.15) is 11.6 Å². The first-order valence-electron chi connectivity index (χ1n) is 9.68. The smallest absolute Gasteiger partial charge is 0.243 e. The molecule has 0 heterocycles. The predicted octanol–water partition coefficient (Wildman–Crippen LogP) is 4.00. The highest BCUT2D eigenvalue weighted by atomic mass is 35.5. The largest absolute Gasteiger partial charge is 0.497 e. The van der Waals surface area contributed by atoms with Crippen LogP contribution >= 0.6 is 11.6 Å². The summed E-state index contributed by atoms with van der Waals surface area (Å²) in [6.45, 7) is -0.270. The molecule has 0 fully saturated rings. The van der Waals surface area contributed by atoms with E-state index < -0.39 is 28.3 Å². The molecule has 1 amide bonds. The molecule has 9 heteroatoms. The Morgan fingerprint density at radius 3 is 2.16 bits per heavy atom. The molecule has 6 nitrogen and oxygen atoms in total. The molecule has 0 bridgehead atoms. The van der Waals surface area contributed by atoms with Crippen LogP contribution in [-0.2, 0) is 27.9 Å². The molecule has 3 aromatic rings. The average molecular weight is 477 g/mol. The van der Waals surface area contributed by atoms with Crippen molar-refractivity contribution >= 4 is 27.5 Å². The van der Waals surface area contributed by atoms with E-state index in [4.69, 9.17) is 16.3 Å². The Hall–Kier alpha value is -2.94. The van der Waals surface area contributed by atoms with Crippen LogP contribution in [0, 0.1) is 5.82 Å². The van der Waals surface area contributed by atoms with Crippen molar-refractivity contribution in [2.24, 2.45) is 0 Å². The average Bonchev–Trinajstić information content (AvgIpc) is 2.79. The molecular formula is C23H22ClFN2O4S. The van der Waals surface area contributed by atoms with Crippen LogP contribution in [0.4, 0.5) is 4.39 Å².